The van der Waals surface area contributed by atoms with Gasteiger partial charge in [-0.05, 0) is 94.5 Å². The first-order chi connectivity index (χ1) is 28.7. The molecular formula is C54H33NO2S. The van der Waals surface area contributed by atoms with Gasteiger partial charge in [-0.15, -0.1) is 11.3 Å². The van der Waals surface area contributed by atoms with Gasteiger partial charge < -0.3 is 13.7 Å². The van der Waals surface area contributed by atoms with Gasteiger partial charge in [-0.1, -0.05) is 127 Å². The van der Waals surface area contributed by atoms with Crippen LogP contribution < -0.4 is 4.90 Å². The highest BCUT2D eigenvalue weighted by atomic mass is 32.1. The van der Waals surface area contributed by atoms with E-state index in [1.54, 1.807) is 0 Å². The summed E-state index contributed by atoms with van der Waals surface area (Å²) in [6.07, 6.45) is 0. The molecule has 9 aromatic carbocycles. The molecule has 0 fully saturated rings. The van der Waals surface area contributed by atoms with Crippen LogP contribution in [-0.4, -0.2) is 0 Å². The molecule has 0 aliphatic carbocycles. The number of benzene rings is 9. The van der Waals surface area contributed by atoms with Gasteiger partial charge in [0.05, 0.1) is 11.1 Å². The minimum absolute atomic E-state index is 0.848. The van der Waals surface area contributed by atoms with Crippen LogP contribution in [-0.2, 0) is 0 Å². The summed E-state index contributed by atoms with van der Waals surface area (Å²) in [4.78, 5) is 2.38. The van der Waals surface area contributed by atoms with Gasteiger partial charge in [-0.25, -0.2) is 0 Å². The predicted octanol–water partition coefficient (Wildman–Crippen LogP) is 16.3. The van der Waals surface area contributed by atoms with E-state index in [-0.39, 0.29) is 0 Å². The average molecular weight is 760 g/mol. The maximum absolute atomic E-state index is 6.99. The molecule has 0 bridgehead atoms. The highest BCUT2D eigenvalue weighted by Crippen LogP contribution is 2.49. The minimum atomic E-state index is 0.848. The smallest absolute Gasteiger partial charge is 0.145 e. The third-order valence-corrected chi connectivity index (χ3v) is 12.6. The summed E-state index contributed by atoms with van der Waals surface area (Å²) in [5.74, 6) is 0. The summed E-state index contributed by atoms with van der Waals surface area (Å²) in [7, 11) is 0. The molecule has 0 unspecified atom stereocenters. The van der Waals surface area contributed by atoms with Gasteiger partial charge in [0.1, 0.15) is 22.3 Å². The molecule has 12 aromatic rings. The number of thiophene rings is 1. The molecule has 0 spiro atoms. The number of para-hydroxylation sites is 1. The summed E-state index contributed by atoms with van der Waals surface area (Å²) in [6.45, 7) is 0. The van der Waals surface area contributed by atoms with Gasteiger partial charge >= 0.3 is 0 Å². The van der Waals surface area contributed by atoms with Crippen LogP contribution in [0.3, 0.4) is 0 Å². The van der Waals surface area contributed by atoms with Crippen molar-refractivity contribution in [2.45, 2.75) is 0 Å². The second-order valence-corrected chi connectivity index (χ2v) is 15.9. The Kier molecular flexibility index (Phi) is 7.40. The van der Waals surface area contributed by atoms with E-state index in [1.807, 2.05) is 23.5 Å². The molecule has 4 heteroatoms. The van der Waals surface area contributed by atoms with E-state index in [1.165, 1.54) is 31.3 Å². The van der Waals surface area contributed by atoms with Crippen molar-refractivity contribution >= 4 is 92.4 Å². The van der Waals surface area contributed by atoms with Gasteiger partial charge in [0, 0.05) is 59.3 Å². The van der Waals surface area contributed by atoms with E-state index in [9.17, 15) is 0 Å². The van der Waals surface area contributed by atoms with E-state index in [4.69, 9.17) is 8.83 Å². The minimum Gasteiger partial charge on any atom is -0.456 e. The van der Waals surface area contributed by atoms with Crippen LogP contribution in [0.5, 0.6) is 0 Å². The second kappa shape index (κ2) is 13.1. The Balaban J connectivity index is 1.12. The zero-order valence-electron chi connectivity index (χ0n) is 31.2. The molecular weight excluding hydrogens is 727 g/mol. The van der Waals surface area contributed by atoms with Crippen molar-refractivity contribution in [3.63, 3.8) is 0 Å². The second-order valence-electron chi connectivity index (χ2n) is 14.9. The SMILES string of the molecule is c1ccc(-c2ccc3c(c2)oc2c(-c4ccccc4)ccc(N(c4ccc5c(c4)oc4ccccc45)c4ccc5sc6cc(-c7ccccc7)ccc6c5c4)c23)cc1. The molecule has 0 atom stereocenters. The molecule has 0 N–H and O–H groups in total. The first kappa shape index (κ1) is 32.8. The number of hydrogen-bond acceptors (Lipinski definition) is 4. The normalized spacial score (nSPS) is 11.8. The highest BCUT2D eigenvalue weighted by molar-refractivity contribution is 7.25. The van der Waals surface area contributed by atoms with Crippen molar-refractivity contribution in [3.05, 3.63) is 200 Å². The van der Waals surface area contributed by atoms with Crippen LogP contribution in [0, 0.1) is 0 Å². The molecule has 0 amide bonds. The van der Waals surface area contributed by atoms with Crippen molar-refractivity contribution in [2.75, 3.05) is 4.90 Å². The molecule has 0 aliphatic heterocycles. The standard InChI is InChI=1S/C54H33NO2S/c1-4-12-34(13-5-1)37-21-25-45-49(30-37)57-54-41(36-16-8-3-9-17-36)27-28-47(53(45)54)55(40-22-26-43-42-18-10-11-19-48(42)56-50(43)33-40)39-23-29-51-46(32-39)44-24-20-38(31-52(44)58-51)35-14-6-2-7-15-35/h1-33H. The number of rotatable bonds is 6. The Morgan fingerprint density at radius 3 is 1.72 bits per heavy atom. The van der Waals surface area contributed by atoms with Gasteiger partial charge in [-0.3, -0.25) is 0 Å². The van der Waals surface area contributed by atoms with Crippen LogP contribution in [0.1, 0.15) is 0 Å². The molecule has 0 saturated heterocycles. The monoisotopic (exact) mass is 759 g/mol. The fourth-order valence-corrected chi connectivity index (χ4v) is 9.82. The Morgan fingerprint density at radius 2 is 0.948 bits per heavy atom. The lowest BCUT2D eigenvalue weighted by molar-refractivity contribution is 0.669. The lowest BCUT2D eigenvalue weighted by Gasteiger charge is -2.27. The van der Waals surface area contributed by atoms with E-state index in [2.05, 4.69) is 193 Å². The van der Waals surface area contributed by atoms with Crippen LogP contribution >= 0.6 is 11.3 Å². The number of furan rings is 2. The highest BCUT2D eigenvalue weighted by Gasteiger charge is 2.24. The molecule has 3 nitrogen and oxygen atoms in total. The molecule has 12 rings (SSSR count). The van der Waals surface area contributed by atoms with E-state index in [0.29, 0.717) is 0 Å². The molecule has 0 radical (unpaired) electrons. The van der Waals surface area contributed by atoms with Gasteiger partial charge in [0.15, 0.2) is 0 Å². The zero-order chi connectivity index (χ0) is 38.2. The molecule has 58 heavy (non-hydrogen) atoms. The third-order valence-electron chi connectivity index (χ3n) is 11.5. The van der Waals surface area contributed by atoms with E-state index in [0.717, 1.165) is 83.2 Å². The summed E-state index contributed by atoms with van der Waals surface area (Å²) in [5.41, 5.74) is 13.4. The molecule has 0 saturated carbocycles. The van der Waals surface area contributed by atoms with Crippen LogP contribution in [0.25, 0.3) is 97.4 Å². The Hall–Kier alpha value is -7.40. The maximum atomic E-state index is 6.99. The van der Waals surface area contributed by atoms with Crippen LogP contribution in [0.15, 0.2) is 209 Å². The van der Waals surface area contributed by atoms with E-state index < -0.39 is 0 Å². The van der Waals surface area contributed by atoms with Crippen LogP contribution in [0.4, 0.5) is 17.1 Å². The third kappa shape index (κ3) is 5.27. The lowest BCUT2D eigenvalue weighted by atomic mass is 9.98. The fourth-order valence-electron chi connectivity index (χ4n) is 8.70. The van der Waals surface area contributed by atoms with Crippen molar-refractivity contribution in [1.29, 1.82) is 0 Å². The van der Waals surface area contributed by atoms with Gasteiger partial charge in [-0.2, -0.15) is 0 Å². The number of anilines is 3. The first-order valence-electron chi connectivity index (χ1n) is 19.6. The molecule has 3 aromatic heterocycles. The molecule has 272 valence electrons. The number of fused-ring (bicyclic) bond motifs is 9. The topological polar surface area (TPSA) is 29.5 Å². The van der Waals surface area contributed by atoms with E-state index >= 15 is 0 Å². The Labute approximate surface area is 338 Å². The summed E-state index contributed by atoms with van der Waals surface area (Å²) in [6, 6.07) is 71.4. The zero-order valence-corrected chi connectivity index (χ0v) is 32.0. The van der Waals surface area contributed by atoms with Gasteiger partial charge in [0.25, 0.3) is 0 Å². The summed E-state index contributed by atoms with van der Waals surface area (Å²) < 4.78 is 16.0. The maximum Gasteiger partial charge on any atom is 0.145 e. The van der Waals surface area contributed by atoms with Crippen LogP contribution in [0.2, 0.25) is 0 Å². The quantitative estimate of drug-likeness (QED) is 0.169. The Bertz CT molecular complexity index is 3510. The van der Waals surface area contributed by atoms with Crippen molar-refractivity contribution in [3.8, 4) is 33.4 Å². The van der Waals surface area contributed by atoms with Crippen molar-refractivity contribution in [2.24, 2.45) is 0 Å². The number of hydrogen-bond donors (Lipinski definition) is 0. The van der Waals surface area contributed by atoms with Crippen molar-refractivity contribution in [1.82, 2.24) is 0 Å². The largest absolute Gasteiger partial charge is 0.456 e. The summed E-state index contributed by atoms with van der Waals surface area (Å²) >= 11 is 1.84. The molecule has 3 heterocycles. The predicted molar refractivity (Wildman–Crippen MR) is 245 cm³/mol. The summed E-state index contributed by atoms with van der Waals surface area (Å²) in [5, 5.41) is 6.81. The van der Waals surface area contributed by atoms with Crippen molar-refractivity contribution < 1.29 is 8.83 Å². The average Bonchev–Trinajstić information content (AvgIpc) is 3.98. The van der Waals surface area contributed by atoms with Gasteiger partial charge in [0.2, 0.25) is 0 Å². The molecule has 0 aliphatic rings. The lowest BCUT2D eigenvalue weighted by Crippen LogP contribution is -2.10. The fraction of sp³-hybridized carbons (Fsp3) is 0. The first-order valence-corrected chi connectivity index (χ1v) is 20.4. The Morgan fingerprint density at radius 1 is 0.345 bits per heavy atom. The number of nitrogens with zero attached hydrogens (tertiary/aromatic N) is 1.